The van der Waals surface area contributed by atoms with Crippen molar-refractivity contribution in [3.05, 3.63) is 54.0 Å². The summed E-state index contributed by atoms with van der Waals surface area (Å²) in [7, 11) is 1.89. The van der Waals surface area contributed by atoms with E-state index in [1.54, 1.807) is 18.3 Å². The third-order valence-electron chi connectivity index (χ3n) is 3.36. The Hall–Kier alpha value is -2.56. The van der Waals surface area contributed by atoms with Crippen LogP contribution < -0.4 is 10.6 Å². The maximum Gasteiger partial charge on any atom is 0.128 e. The van der Waals surface area contributed by atoms with Crippen LogP contribution in [0.2, 0.25) is 0 Å². The topological polar surface area (TPSA) is 57.9 Å². The summed E-state index contributed by atoms with van der Waals surface area (Å²) in [5.74, 6) is -0.208. The van der Waals surface area contributed by atoms with Crippen LogP contribution in [0.4, 0.5) is 15.8 Å². The largest absolute Gasteiger partial charge is 0.397 e. The molecule has 4 nitrogen and oxygen atoms in total. The molecule has 0 unspecified atom stereocenters. The summed E-state index contributed by atoms with van der Waals surface area (Å²) in [6.45, 7) is 0.455. The Labute approximate surface area is 116 Å². The van der Waals surface area contributed by atoms with Crippen molar-refractivity contribution in [1.29, 1.82) is 0 Å². The molecule has 0 aliphatic rings. The molecule has 0 spiro atoms. The zero-order valence-electron chi connectivity index (χ0n) is 11.1. The number of nitrogens with zero attached hydrogens (tertiary/aromatic N) is 2. The second-order valence-electron chi connectivity index (χ2n) is 4.82. The van der Waals surface area contributed by atoms with Gasteiger partial charge in [0.05, 0.1) is 23.1 Å². The fourth-order valence-corrected chi connectivity index (χ4v) is 2.30. The van der Waals surface area contributed by atoms with Gasteiger partial charge in [0.25, 0.3) is 0 Å². The molecule has 20 heavy (non-hydrogen) atoms. The van der Waals surface area contributed by atoms with Crippen LogP contribution in [0.1, 0.15) is 5.56 Å². The van der Waals surface area contributed by atoms with Gasteiger partial charge in [-0.1, -0.05) is 18.2 Å². The third kappa shape index (κ3) is 2.18. The second-order valence-corrected chi connectivity index (χ2v) is 4.82. The standard InChI is InChI=1S/C15H15FN4/c1-20(9-10-4-2-3-5-12(10)16)15-7-14-11(6-13(15)17)8-18-19-14/h2-8H,9,17H2,1H3,(H,18,19). The minimum absolute atomic E-state index is 0.208. The molecule has 0 amide bonds. The van der Waals surface area contributed by atoms with E-state index in [4.69, 9.17) is 5.73 Å². The van der Waals surface area contributed by atoms with E-state index in [-0.39, 0.29) is 5.82 Å². The number of hydrogen-bond donors (Lipinski definition) is 2. The molecule has 2 aromatic carbocycles. The Morgan fingerprint density at radius 3 is 2.90 bits per heavy atom. The first-order valence-corrected chi connectivity index (χ1v) is 6.32. The summed E-state index contributed by atoms with van der Waals surface area (Å²) in [6.07, 6.45) is 1.73. The first kappa shape index (κ1) is 12.5. The molecule has 0 radical (unpaired) electrons. The average molecular weight is 270 g/mol. The maximum absolute atomic E-state index is 13.7. The zero-order chi connectivity index (χ0) is 14.1. The number of halogens is 1. The lowest BCUT2D eigenvalue weighted by molar-refractivity contribution is 0.608. The molecule has 0 saturated carbocycles. The van der Waals surface area contributed by atoms with Crippen molar-refractivity contribution >= 4 is 22.3 Å². The van der Waals surface area contributed by atoms with Crippen molar-refractivity contribution in [3.8, 4) is 0 Å². The SMILES string of the molecule is CN(Cc1ccccc1F)c1cc2[nH]ncc2cc1N. The van der Waals surface area contributed by atoms with Gasteiger partial charge in [-0.2, -0.15) is 5.10 Å². The molecular formula is C15H15FN4. The van der Waals surface area contributed by atoms with Crippen LogP contribution in [0.15, 0.2) is 42.6 Å². The van der Waals surface area contributed by atoms with Gasteiger partial charge in [0.1, 0.15) is 5.82 Å². The zero-order valence-corrected chi connectivity index (χ0v) is 11.1. The second kappa shape index (κ2) is 4.85. The molecule has 1 aromatic heterocycles. The smallest absolute Gasteiger partial charge is 0.128 e. The van der Waals surface area contributed by atoms with Gasteiger partial charge < -0.3 is 10.6 Å². The van der Waals surface area contributed by atoms with Gasteiger partial charge in [0, 0.05) is 24.5 Å². The number of nitrogen functional groups attached to an aromatic ring is 1. The normalized spacial score (nSPS) is 10.9. The molecule has 0 atom stereocenters. The average Bonchev–Trinajstić information content (AvgIpc) is 2.87. The lowest BCUT2D eigenvalue weighted by Crippen LogP contribution is -2.18. The lowest BCUT2D eigenvalue weighted by atomic mass is 10.1. The van der Waals surface area contributed by atoms with E-state index in [0.717, 1.165) is 16.6 Å². The Morgan fingerprint density at radius 2 is 2.10 bits per heavy atom. The van der Waals surface area contributed by atoms with Crippen molar-refractivity contribution < 1.29 is 4.39 Å². The van der Waals surface area contributed by atoms with Crippen LogP contribution in [0.25, 0.3) is 10.9 Å². The molecule has 3 rings (SSSR count). The fourth-order valence-electron chi connectivity index (χ4n) is 2.30. The van der Waals surface area contributed by atoms with Crippen molar-refractivity contribution in [1.82, 2.24) is 10.2 Å². The number of rotatable bonds is 3. The van der Waals surface area contributed by atoms with Crippen molar-refractivity contribution in [2.24, 2.45) is 0 Å². The molecule has 0 saturated heterocycles. The Balaban J connectivity index is 1.94. The molecule has 5 heteroatoms. The van der Waals surface area contributed by atoms with E-state index in [2.05, 4.69) is 10.2 Å². The van der Waals surface area contributed by atoms with E-state index in [0.29, 0.717) is 17.8 Å². The number of nitrogens with two attached hydrogens (primary N) is 1. The molecule has 102 valence electrons. The summed E-state index contributed by atoms with van der Waals surface area (Å²) < 4.78 is 13.7. The molecule has 3 N–H and O–H groups in total. The number of nitrogens with one attached hydrogen (secondary N) is 1. The molecule has 3 aromatic rings. The monoisotopic (exact) mass is 270 g/mol. The number of benzene rings is 2. The van der Waals surface area contributed by atoms with E-state index < -0.39 is 0 Å². The minimum atomic E-state index is -0.208. The van der Waals surface area contributed by atoms with E-state index in [1.165, 1.54) is 6.07 Å². The number of aromatic nitrogens is 2. The summed E-state index contributed by atoms with van der Waals surface area (Å²) in [5.41, 5.74) is 9.11. The number of fused-ring (bicyclic) bond motifs is 1. The number of aromatic amines is 1. The van der Waals surface area contributed by atoms with Gasteiger partial charge in [-0.25, -0.2) is 4.39 Å². The summed E-state index contributed by atoms with van der Waals surface area (Å²) >= 11 is 0. The van der Waals surface area contributed by atoms with Crippen LogP contribution in [0, 0.1) is 5.82 Å². The maximum atomic E-state index is 13.7. The third-order valence-corrected chi connectivity index (χ3v) is 3.36. The van der Waals surface area contributed by atoms with E-state index in [9.17, 15) is 4.39 Å². The first-order chi connectivity index (χ1) is 9.65. The summed E-state index contributed by atoms with van der Waals surface area (Å²) in [5, 5.41) is 7.86. The highest BCUT2D eigenvalue weighted by Gasteiger charge is 2.10. The summed E-state index contributed by atoms with van der Waals surface area (Å²) in [4.78, 5) is 1.92. The van der Waals surface area contributed by atoms with Gasteiger partial charge in [-0.05, 0) is 18.2 Å². The van der Waals surface area contributed by atoms with E-state index in [1.807, 2.05) is 30.1 Å². The highest BCUT2D eigenvalue weighted by Crippen LogP contribution is 2.28. The highest BCUT2D eigenvalue weighted by atomic mass is 19.1. The highest BCUT2D eigenvalue weighted by molar-refractivity contribution is 5.88. The molecule has 1 heterocycles. The molecule has 0 fully saturated rings. The van der Waals surface area contributed by atoms with Gasteiger partial charge in [0.2, 0.25) is 0 Å². The van der Waals surface area contributed by atoms with Gasteiger partial charge in [-0.15, -0.1) is 0 Å². The quantitative estimate of drug-likeness (QED) is 0.719. The van der Waals surface area contributed by atoms with Crippen LogP contribution in [0.3, 0.4) is 0 Å². The Kier molecular flexibility index (Phi) is 3.02. The van der Waals surface area contributed by atoms with Crippen LogP contribution in [0.5, 0.6) is 0 Å². The lowest BCUT2D eigenvalue weighted by Gasteiger charge is -2.21. The minimum Gasteiger partial charge on any atom is -0.397 e. The summed E-state index contributed by atoms with van der Waals surface area (Å²) in [6, 6.07) is 10.5. The first-order valence-electron chi connectivity index (χ1n) is 6.32. The Bertz CT molecular complexity index is 750. The van der Waals surface area contributed by atoms with Crippen LogP contribution in [-0.2, 0) is 6.54 Å². The molecule has 0 aliphatic carbocycles. The molecule has 0 aliphatic heterocycles. The Morgan fingerprint density at radius 1 is 1.30 bits per heavy atom. The fraction of sp³-hybridized carbons (Fsp3) is 0.133. The number of hydrogen-bond acceptors (Lipinski definition) is 3. The van der Waals surface area contributed by atoms with Crippen LogP contribution in [-0.4, -0.2) is 17.2 Å². The predicted octanol–water partition coefficient (Wildman–Crippen LogP) is 2.92. The van der Waals surface area contributed by atoms with Gasteiger partial charge >= 0.3 is 0 Å². The van der Waals surface area contributed by atoms with Crippen molar-refractivity contribution in [2.75, 3.05) is 17.7 Å². The molecule has 0 bridgehead atoms. The molecular weight excluding hydrogens is 255 g/mol. The number of anilines is 2. The van der Waals surface area contributed by atoms with Crippen molar-refractivity contribution in [2.45, 2.75) is 6.54 Å². The van der Waals surface area contributed by atoms with Gasteiger partial charge in [0.15, 0.2) is 0 Å². The van der Waals surface area contributed by atoms with Gasteiger partial charge in [-0.3, -0.25) is 5.10 Å². The van der Waals surface area contributed by atoms with Crippen molar-refractivity contribution in [3.63, 3.8) is 0 Å². The number of H-pyrrole nitrogens is 1. The van der Waals surface area contributed by atoms with E-state index >= 15 is 0 Å². The van der Waals surface area contributed by atoms with Crippen LogP contribution >= 0.6 is 0 Å². The predicted molar refractivity (Wildman–Crippen MR) is 79.0 cm³/mol.